The van der Waals surface area contributed by atoms with Crippen molar-refractivity contribution in [1.29, 1.82) is 0 Å². The van der Waals surface area contributed by atoms with Crippen molar-refractivity contribution in [2.75, 3.05) is 0 Å². The summed E-state index contributed by atoms with van der Waals surface area (Å²) in [6.45, 7) is 3.00. The van der Waals surface area contributed by atoms with Gasteiger partial charge in [-0.15, -0.1) is 5.54 Å². The van der Waals surface area contributed by atoms with E-state index >= 15 is 0 Å². The number of unbranched alkanes of at least 4 members (excludes halogenated alkanes) is 2. The van der Waals surface area contributed by atoms with Gasteiger partial charge in [0.2, 0.25) is 8.07 Å². The summed E-state index contributed by atoms with van der Waals surface area (Å²) in [6.07, 6.45) is 14.8. The fourth-order valence-corrected chi connectivity index (χ4v) is 11.5. The number of rotatable bonds is 7. The van der Waals surface area contributed by atoms with Gasteiger partial charge in [-0.1, -0.05) is 166 Å². The minimum absolute atomic E-state index is 0.682. The number of benzene rings is 3. The first kappa shape index (κ1) is 24.9. The van der Waals surface area contributed by atoms with E-state index in [1.54, 1.807) is 5.10 Å². The molecule has 0 saturated carbocycles. The molecular weight excluding hydrogens is 447 g/mol. The Bertz CT molecular complexity index is 1130. The van der Waals surface area contributed by atoms with Crippen molar-refractivity contribution < 1.29 is 0 Å². The Morgan fingerprint density at radius 1 is 0.778 bits per heavy atom. The molecule has 2 bridgehead atoms. The van der Waals surface area contributed by atoms with Crippen LogP contribution in [0.25, 0.3) is 0 Å². The largest absolute Gasteiger partial charge is 0.217 e. The lowest BCUT2D eigenvalue weighted by Gasteiger charge is -2.46. The Kier molecular flexibility index (Phi) is 8.29. The van der Waals surface area contributed by atoms with Gasteiger partial charge < -0.3 is 0 Å². The second-order valence-corrected chi connectivity index (χ2v) is 14.3. The summed E-state index contributed by atoms with van der Waals surface area (Å²) in [6, 6.07) is 33.4. The van der Waals surface area contributed by atoms with Gasteiger partial charge in [0.15, 0.2) is 6.71 Å². The fraction of sp³-hybridized carbons (Fsp3) is 0.353. The van der Waals surface area contributed by atoms with Crippen LogP contribution in [0.2, 0.25) is 11.6 Å². The van der Waals surface area contributed by atoms with Crippen molar-refractivity contribution in [2.24, 2.45) is 0 Å². The molecule has 0 unspecified atom stereocenters. The molecule has 2 saturated heterocycles. The average molecular weight is 487 g/mol. The third-order valence-electron chi connectivity index (χ3n) is 8.61. The predicted octanol–water partition coefficient (Wildman–Crippen LogP) is 7.64. The molecule has 3 aromatic carbocycles. The van der Waals surface area contributed by atoms with Crippen LogP contribution in [0.15, 0.2) is 102 Å². The normalized spacial score (nSPS) is 19.9. The molecule has 0 radical (unpaired) electrons. The Hall–Kier alpha value is -2.76. The molecule has 2 aliphatic rings. The maximum Gasteiger partial charge on any atom is 0.217 e. The molecule has 2 heteroatoms. The fourth-order valence-electron chi connectivity index (χ4n) is 6.97. The van der Waals surface area contributed by atoms with E-state index in [0.29, 0.717) is 6.71 Å². The lowest BCUT2D eigenvalue weighted by Crippen LogP contribution is -2.64. The molecular formula is C34H39BSi. The molecule has 0 aromatic heterocycles. The summed E-state index contributed by atoms with van der Waals surface area (Å²) in [4.78, 5) is 0. The molecule has 0 spiro atoms. The number of hydrogen-bond acceptors (Lipinski definition) is 0. The van der Waals surface area contributed by atoms with Crippen molar-refractivity contribution in [3.05, 3.63) is 108 Å². The van der Waals surface area contributed by atoms with Gasteiger partial charge in [-0.25, -0.2) is 0 Å². The second-order valence-electron chi connectivity index (χ2n) is 10.8. The zero-order valence-electron chi connectivity index (χ0n) is 21.8. The molecule has 0 N–H and O–H groups in total. The number of hydrogen-bond donors (Lipinski definition) is 0. The molecule has 0 amide bonds. The minimum atomic E-state index is -2.56. The van der Waals surface area contributed by atoms with E-state index in [4.69, 9.17) is 0 Å². The third-order valence-corrected chi connectivity index (χ3v) is 12.9. The van der Waals surface area contributed by atoms with Crippen molar-refractivity contribution in [1.82, 2.24) is 0 Å². The Labute approximate surface area is 220 Å². The van der Waals surface area contributed by atoms with Gasteiger partial charge in [-0.05, 0) is 28.9 Å². The lowest BCUT2D eigenvalue weighted by molar-refractivity contribution is 0.446. The molecule has 2 heterocycles. The van der Waals surface area contributed by atoms with Gasteiger partial charge in [0.25, 0.3) is 0 Å². The summed E-state index contributed by atoms with van der Waals surface area (Å²) in [5.74, 6) is 5.37. The summed E-state index contributed by atoms with van der Waals surface area (Å²) in [7, 11) is -2.56. The van der Waals surface area contributed by atoms with Gasteiger partial charge in [0.05, 0.1) is 0 Å². The molecule has 0 aliphatic carbocycles. The maximum atomic E-state index is 4.12. The first-order valence-electron chi connectivity index (χ1n) is 14.2. The van der Waals surface area contributed by atoms with Gasteiger partial charge >= 0.3 is 0 Å². The van der Waals surface area contributed by atoms with Crippen molar-refractivity contribution in [3.63, 3.8) is 0 Å². The molecule has 2 aliphatic heterocycles. The van der Waals surface area contributed by atoms with Crippen molar-refractivity contribution >= 4 is 25.2 Å². The van der Waals surface area contributed by atoms with Crippen LogP contribution in [0.1, 0.15) is 70.3 Å². The van der Waals surface area contributed by atoms with Crippen LogP contribution < -0.4 is 10.4 Å². The van der Waals surface area contributed by atoms with Gasteiger partial charge in [-0.2, -0.15) is 0 Å². The Morgan fingerprint density at radius 3 is 1.78 bits per heavy atom. The van der Waals surface area contributed by atoms with E-state index in [-0.39, 0.29) is 0 Å². The van der Waals surface area contributed by atoms with Crippen LogP contribution in [0.4, 0.5) is 0 Å². The Morgan fingerprint density at radius 2 is 1.28 bits per heavy atom. The highest BCUT2D eigenvalue weighted by molar-refractivity contribution is 7.20. The van der Waals surface area contributed by atoms with Crippen LogP contribution in [0, 0.1) is 11.5 Å². The standard InChI is InChI=1S/C34H39BSi/c1-2-3-7-26-34(35-30-18-14-19-31(35)21-15-20-30)36(32-22-10-5-11-23-32,33-24-12-6-13-25-33)28-27-29-16-8-4-9-17-29/h4-6,8-13,16-17,22-26,30-31H,2-3,7,14-15,18-21H2,1H3/b34-26+. The summed E-state index contributed by atoms with van der Waals surface area (Å²) >= 11 is 0. The topological polar surface area (TPSA) is 0 Å². The maximum absolute atomic E-state index is 4.12. The van der Waals surface area contributed by atoms with Gasteiger partial charge in [-0.3, -0.25) is 0 Å². The molecule has 3 aromatic rings. The van der Waals surface area contributed by atoms with Gasteiger partial charge in [0.1, 0.15) is 0 Å². The summed E-state index contributed by atoms with van der Waals surface area (Å²) < 4.78 is 0. The molecule has 36 heavy (non-hydrogen) atoms. The predicted molar refractivity (Wildman–Crippen MR) is 160 cm³/mol. The number of fused-ring (bicyclic) bond motifs is 2. The van der Waals surface area contributed by atoms with E-state index in [9.17, 15) is 0 Å². The van der Waals surface area contributed by atoms with Crippen molar-refractivity contribution in [3.8, 4) is 11.5 Å². The first-order chi connectivity index (χ1) is 17.8. The van der Waals surface area contributed by atoms with E-state index < -0.39 is 8.07 Å². The monoisotopic (exact) mass is 486 g/mol. The zero-order chi connectivity index (χ0) is 24.6. The highest BCUT2D eigenvalue weighted by Crippen LogP contribution is 2.50. The lowest BCUT2D eigenvalue weighted by atomic mass is 9.27. The SMILES string of the molecule is CCCC/C=C(\B1C2CCCC1CCC2)[Si](C#Cc1ccccc1)(c1ccccc1)c1ccccc1. The molecule has 0 atom stereocenters. The Balaban J connectivity index is 1.78. The highest BCUT2D eigenvalue weighted by Gasteiger charge is 2.50. The molecule has 182 valence electrons. The van der Waals surface area contributed by atoms with Crippen LogP contribution in [-0.4, -0.2) is 14.8 Å². The van der Waals surface area contributed by atoms with E-state index in [2.05, 4.69) is 115 Å². The second kappa shape index (κ2) is 12.0. The third kappa shape index (κ3) is 5.18. The highest BCUT2D eigenvalue weighted by atomic mass is 28.3. The van der Waals surface area contributed by atoms with Crippen LogP contribution >= 0.6 is 0 Å². The first-order valence-corrected chi connectivity index (χ1v) is 16.2. The van der Waals surface area contributed by atoms with E-state index in [1.807, 2.05) is 0 Å². The van der Waals surface area contributed by atoms with Crippen LogP contribution in [-0.2, 0) is 0 Å². The molecule has 5 rings (SSSR count). The average Bonchev–Trinajstić information content (AvgIpc) is 2.94. The molecule has 2 fully saturated rings. The minimum Gasteiger partial charge on any atom is -0.110 e. The van der Waals surface area contributed by atoms with E-state index in [1.165, 1.54) is 68.2 Å². The van der Waals surface area contributed by atoms with Gasteiger partial charge in [0, 0.05) is 5.56 Å². The molecule has 0 nitrogen and oxygen atoms in total. The van der Waals surface area contributed by atoms with Crippen LogP contribution in [0.3, 0.4) is 0 Å². The van der Waals surface area contributed by atoms with Crippen molar-refractivity contribution in [2.45, 2.75) is 76.3 Å². The summed E-state index contributed by atoms with van der Waals surface area (Å²) in [5, 5.41) is 4.63. The van der Waals surface area contributed by atoms with Crippen LogP contribution in [0.5, 0.6) is 0 Å². The summed E-state index contributed by atoms with van der Waals surface area (Å²) in [5.41, 5.74) is 5.24. The smallest absolute Gasteiger partial charge is 0.110 e. The number of allylic oxidation sites excluding steroid dienone is 1. The van der Waals surface area contributed by atoms with E-state index in [0.717, 1.165) is 17.2 Å². The quantitative estimate of drug-likeness (QED) is 0.183. The zero-order valence-corrected chi connectivity index (χ0v) is 22.8.